The molecule has 0 aromatic heterocycles. The first-order chi connectivity index (χ1) is 11.0. The molecule has 1 nitrogen and oxygen atoms in total. The Kier molecular flexibility index (Phi) is 4.30. The summed E-state index contributed by atoms with van der Waals surface area (Å²) in [5, 5.41) is 0. The number of fused-ring (bicyclic) bond motifs is 1. The van der Waals surface area contributed by atoms with E-state index in [1.54, 1.807) is 7.11 Å². The van der Waals surface area contributed by atoms with Crippen LogP contribution in [0.5, 0.6) is 5.75 Å². The number of hydrogen-bond donors (Lipinski definition) is 0. The summed E-state index contributed by atoms with van der Waals surface area (Å²) in [4.78, 5) is 0. The van der Waals surface area contributed by atoms with Gasteiger partial charge in [-0.2, -0.15) is 0 Å². The third-order valence-electron chi connectivity index (χ3n) is 4.74. The number of benzene rings is 2. The van der Waals surface area contributed by atoms with Crippen LogP contribution in [-0.4, -0.2) is 7.11 Å². The van der Waals surface area contributed by atoms with Gasteiger partial charge in [0.1, 0.15) is 5.75 Å². The molecule has 0 aliphatic heterocycles. The maximum atomic E-state index is 5.77. The van der Waals surface area contributed by atoms with Crippen LogP contribution in [0.25, 0.3) is 6.08 Å². The Balaban J connectivity index is 1.81. The van der Waals surface area contributed by atoms with Gasteiger partial charge in [0.05, 0.1) is 7.11 Å². The Hall–Kier alpha value is -2.02. The second kappa shape index (κ2) is 6.23. The summed E-state index contributed by atoms with van der Waals surface area (Å²) < 4.78 is 5.77. The molecule has 3 rings (SSSR count). The maximum absolute atomic E-state index is 5.77. The Morgan fingerprint density at radius 3 is 2.52 bits per heavy atom. The first kappa shape index (κ1) is 15.9. The fourth-order valence-electron chi connectivity index (χ4n) is 3.50. The largest absolute Gasteiger partial charge is 0.496 e. The molecule has 0 bridgehead atoms. The van der Waals surface area contributed by atoms with Crippen molar-refractivity contribution in [2.24, 2.45) is 0 Å². The minimum absolute atomic E-state index is 0.0984. The van der Waals surface area contributed by atoms with Gasteiger partial charge in [-0.1, -0.05) is 75.4 Å². The Bertz CT molecular complexity index is 719. The molecule has 0 amide bonds. The zero-order chi connectivity index (χ0) is 16.4. The van der Waals surface area contributed by atoms with Gasteiger partial charge < -0.3 is 4.74 Å². The van der Waals surface area contributed by atoms with E-state index in [0.29, 0.717) is 5.92 Å². The topological polar surface area (TPSA) is 9.23 Å². The molecule has 1 aliphatic carbocycles. The van der Waals surface area contributed by atoms with E-state index in [1.807, 2.05) is 0 Å². The van der Waals surface area contributed by atoms with Crippen LogP contribution in [0.4, 0.5) is 0 Å². The van der Waals surface area contributed by atoms with Crippen LogP contribution in [0.3, 0.4) is 0 Å². The molecular weight excluding hydrogens is 280 g/mol. The van der Waals surface area contributed by atoms with Gasteiger partial charge in [0, 0.05) is 5.92 Å². The maximum Gasteiger partial charge on any atom is 0.125 e. The fourth-order valence-corrected chi connectivity index (χ4v) is 3.50. The van der Waals surface area contributed by atoms with E-state index >= 15 is 0 Å². The quantitative estimate of drug-likeness (QED) is 0.700. The van der Waals surface area contributed by atoms with Gasteiger partial charge in [0.25, 0.3) is 0 Å². The summed E-state index contributed by atoms with van der Waals surface area (Å²) in [5.74, 6) is 1.59. The molecule has 1 aliphatic rings. The van der Waals surface area contributed by atoms with Gasteiger partial charge in [-0.3, -0.25) is 0 Å². The lowest BCUT2D eigenvalue weighted by molar-refractivity contribution is 0.392. The van der Waals surface area contributed by atoms with Crippen molar-refractivity contribution in [3.05, 3.63) is 70.8 Å². The highest BCUT2D eigenvalue weighted by Gasteiger charge is 2.22. The van der Waals surface area contributed by atoms with Crippen LogP contribution < -0.4 is 4.74 Å². The van der Waals surface area contributed by atoms with Crippen molar-refractivity contribution < 1.29 is 4.74 Å². The van der Waals surface area contributed by atoms with E-state index in [0.717, 1.165) is 18.6 Å². The normalized spacial score (nSPS) is 16.4. The third-order valence-corrected chi connectivity index (χ3v) is 4.74. The lowest BCUT2D eigenvalue weighted by Crippen LogP contribution is -2.14. The molecular formula is C22H26O. The minimum Gasteiger partial charge on any atom is -0.496 e. The molecule has 0 saturated heterocycles. The number of methoxy groups -OCH3 is 1. The first-order valence-electron chi connectivity index (χ1n) is 8.44. The van der Waals surface area contributed by atoms with E-state index in [9.17, 15) is 0 Å². The zero-order valence-electron chi connectivity index (χ0n) is 14.6. The molecule has 1 unspecified atom stereocenters. The van der Waals surface area contributed by atoms with Gasteiger partial charge >= 0.3 is 0 Å². The average molecular weight is 306 g/mol. The van der Waals surface area contributed by atoms with Crippen molar-refractivity contribution >= 4 is 6.08 Å². The van der Waals surface area contributed by atoms with Crippen LogP contribution in [0.15, 0.2) is 48.5 Å². The monoisotopic (exact) mass is 306 g/mol. The van der Waals surface area contributed by atoms with Gasteiger partial charge in [-0.05, 0) is 40.5 Å². The molecule has 0 heterocycles. The summed E-state index contributed by atoms with van der Waals surface area (Å²) in [6.07, 6.45) is 6.75. The number of hydrogen-bond acceptors (Lipinski definition) is 1. The van der Waals surface area contributed by atoms with Crippen LogP contribution in [0, 0.1) is 0 Å². The van der Waals surface area contributed by atoms with E-state index in [1.165, 1.54) is 22.3 Å². The standard InChI is InChI=1S/C22H26O/c1-22(2,3)20-11-7-9-18(21(20)23-4)15-14-17-13-12-16-8-5-6-10-19(16)17/h5-13,17H,14-15H2,1-4H3. The first-order valence-corrected chi connectivity index (χ1v) is 8.44. The van der Waals surface area contributed by atoms with Crippen molar-refractivity contribution in [2.75, 3.05) is 7.11 Å². The van der Waals surface area contributed by atoms with Crippen LogP contribution in [-0.2, 0) is 11.8 Å². The summed E-state index contributed by atoms with van der Waals surface area (Å²) in [5.41, 5.74) is 5.53. The van der Waals surface area contributed by atoms with E-state index in [4.69, 9.17) is 4.74 Å². The highest BCUT2D eigenvalue weighted by molar-refractivity contribution is 5.62. The van der Waals surface area contributed by atoms with E-state index in [2.05, 4.69) is 75.4 Å². The Morgan fingerprint density at radius 1 is 1.00 bits per heavy atom. The number of ether oxygens (including phenoxy) is 1. The van der Waals surface area contributed by atoms with E-state index in [-0.39, 0.29) is 5.41 Å². The van der Waals surface area contributed by atoms with Crippen LogP contribution in [0.2, 0.25) is 0 Å². The highest BCUT2D eigenvalue weighted by Crippen LogP contribution is 2.37. The third kappa shape index (κ3) is 3.19. The Morgan fingerprint density at radius 2 is 1.78 bits per heavy atom. The van der Waals surface area contributed by atoms with Gasteiger partial charge in [-0.15, -0.1) is 0 Å². The van der Waals surface area contributed by atoms with Crippen LogP contribution in [0.1, 0.15) is 55.4 Å². The molecule has 0 spiro atoms. The minimum atomic E-state index is 0.0984. The molecule has 120 valence electrons. The molecule has 0 N–H and O–H groups in total. The molecule has 0 saturated carbocycles. The van der Waals surface area contributed by atoms with Crippen molar-refractivity contribution in [2.45, 2.75) is 44.9 Å². The van der Waals surface area contributed by atoms with Crippen LogP contribution >= 0.6 is 0 Å². The number of para-hydroxylation sites is 1. The summed E-state index contributed by atoms with van der Waals surface area (Å²) in [7, 11) is 1.79. The smallest absolute Gasteiger partial charge is 0.125 e. The average Bonchev–Trinajstić information content (AvgIpc) is 2.95. The number of allylic oxidation sites excluding steroid dienone is 1. The molecule has 0 fully saturated rings. The van der Waals surface area contributed by atoms with Crippen molar-refractivity contribution in [3.8, 4) is 5.75 Å². The predicted octanol–water partition coefficient (Wildman–Crippen LogP) is 5.74. The fraction of sp³-hybridized carbons (Fsp3) is 0.364. The highest BCUT2D eigenvalue weighted by atomic mass is 16.5. The summed E-state index contributed by atoms with van der Waals surface area (Å²) >= 11 is 0. The molecule has 23 heavy (non-hydrogen) atoms. The van der Waals surface area contributed by atoms with Gasteiger partial charge in [-0.25, -0.2) is 0 Å². The molecule has 0 radical (unpaired) electrons. The molecule has 2 aromatic rings. The zero-order valence-corrected chi connectivity index (χ0v) is 14.6. The molecule has 1 atom stereocenters. The summed E-state index contributed by atoms with van der Waals surface area (Å²) in [6, 6.07) is 15.3. The number of rotatable bonds is 4. The lowest BCUT2D eigenvalue weighted by Gasteiger charge is -2.24. The molecule has 2 aromatic carbocycles. The van der Waals surface area contributed by atoms with Gasteiger partial charge in [0.2, 0.25) is 0 Å². The molecule has 1 heteroatoms. The Labute approximate surface area is 140 Å². The predicted molar refractivity (Wildman–Crippen MR) is 98.2 cm³/mol. The lowest BCUT2D eigenvalue weighted by atomic mass is 9.84. The summed E-state index contributed by atoms with van der Waals surface area (Å²) in [6.45, 7) is 6.72. The van der Waals surface area contributed by atoms with E-state index < -0.39 is 0 Å². The van der Waals surface area contributed by atoms with Crippen molar-refractivity contribution in [1.29, 1.82) is 0 Å². The SMILES string of the molecule is COc1c(CCC2C=Cc3ccccc32)cccc1C(C)(C)C. The van der Waals surface area contributed by atoms with Crippen molar-refractivity contribution in [3.63, 3.8) is 0 Å². The second-order valence-corrected chi connectivity index (χ2v) is 7.38. The second-order valence-electron chi connectivity index (χ2n) is 7.38. The van der Waals surface area contributed by atoms with Crippen molar-refractivity contribution in [1.82, 2.24) is 0 Å². The van der Waals surface area contributed by atoms with Gasteiger partial charge in [0.15, 0.2) is 0 Å². The number of aryl methyl sites for hydroxylation is 1.